The van der Waals surface area contributed by atoms with E-state index in [-0.39, 0.29) is 11.3 Å². The van der Waals surface area contributed by atoms with Crippen LogP contribution in [0.5, 0.6) is 5.75 Å². The SMILES string of the molecule is CCCC1=CCc2c(ccc(C(=O)Oc3ccc(C#N)cc3)c2F)C1. The Labute approximate surface area is 146 Å². The van der Waals surface area contributed by atoms with Crippen molar-refractivity contribution >= 4 is 5.97 Å². The van der Waals surface area contributed by atoms with Gasteiger partial charge in [-0.3, -0.25) is 0 Å². The van der Waals surface area contributed by atoms with Crippen LogP contribution in [0.15, 0.2) is 48.0 Å². The standard InChI is InChI=1S/C21H18FNO2/c1-2-3-14-6-10-18-16(12-14)7-11-19(20(18)22)21(24)25-17-8-4-15(13-23)5-9-17/h4-9,11H,2-3,10,12H2,1H3. The Hall–Kier alpha value is -2.93. The third-order valence-electron chi connectivity index (χ3n) is 4.34. The minimum absolute atomic E-state index is 0.0598. The Balaban J connectivity index is 1.80. The van der Waals surface area contributed by atoms with Gasteiger partial charge in [-0.05, 0) is 60.7 Å². The molecule has 0 unspecified atom stereocenters. The summed E-state index contributed by atoms with van der Waals surface area (Å²) in [6.07, 6.45) is 5.40. The van der Waals surface area contributed by atoms with Crippen molar-refractivity contribution in [1.29, 1.82) is 5.26 Å². The molecule has 0 spiro atoms. The highest BCUT2D eigenvalue weighted by atomic mass is 19.1. The average Bonchev–Trinajstić information content (AvgIpc) is 2.63. The molecule has 0 bridgehead atoms. The van der Waals surface area contributed by atoms with E-state index >= 15 is 0 Å². The van der Waals surface area contributed by atoms with Gasteiger partial charge in [-0.1, -0.05) is 31.1 Å². The van der Waals surface area contributed by atoms with Crippen molar-refractivity contribution < 1.29 is 13.9 Å². The molecule has 0 saturated heterocycles. The zero-order valence-electron chi connectivity index (χ0n) is 14.0. The summed E-state index contributed by atoms with van der Waals surface area (Å²) in [7, 11) is 0. The van der Waals surface area contributed by atoms with Gasteiger partial charge >= 0.3 is 5.97 Å². The van der Waals surface area contributed by atoms with Crippen LogP contribution in [0.3, 0.4) is 0 Å². The fraction of sp³-hybridized carbons (Fsp3) is 0.238. The molecule has 0 N–H and O–H groups in total. The average molecular weight is 335 g/mol. The van der Waals surface area contributed by atoms with E-state index in [9.17, 15) is 9.18 Å². The fourth-order valence-corrected chi connectivity index (χ4v) is 3.04. The number of esters is 1. The van der Waals surface area contributed by atoms with Gasteiger partial charge in [-0.2, -0.15) is 5.26 Å². The van der Waals surface area contributed by atoms with E-state index in [2.05, 4.69) is 13.0 Å². The summed E-state index contributed by atoms with van der Waals surface area (Å²) in [6, 6.07) is 11.4. The maximum Gasteiger partial charge on any atom is 0.346 e. The second kappa shape index (κ2) is 7.31. The predicted molar refractivity (Wildman–Crippen MR) is 92.9 cm³/mol. The highest BCUT2D eigenvalue weighted by molar-refractivity contribution is 5.91. The van der Waals surface area contributed by atoms with Crippen molar-refractivity contribution in [2.45, 2.75) is 32.6 Å². The van der Waals surface area contributed by atoms with Crippen molar-refractivity contribution in [2.24, 2.45) is 0 Å². The molecule has 3 rings (SSSR count). The number of carbonyl (C=O) groups excluding carboxylic acids is 1. The molecule has 0 atom stereocenters. The van der Waals surface area contributed by atoms with Gasteiger partial charge in [0.05, 0.1) is 17.2 Å². The number of nitrogens with zero attached hydrogens (tertiary/aromatic N) is 1. The summed E-state index contributed by atoms with van der Waals surface area (Å²) in [5.74, 6) is -0.942. The molecule has 126 valence electrons. The van der Waals surface area contributed by atoms with Gasteiger partial charge in [-0.25, -0.2) is 9.18 Å². The highest BCUT2D eigenvalue weighted by Crippen LogP contribution is 2.28. The third kappa shape index (κ3) is 3.61. The van der Waals surface area contributed by atoms with Crippen LogP contribution < -0.4 is 4.74 Å². The van der Waals surface area contributed by atoms with E-state index in [4.69, 9.17) is 10.00 Å². The van der Waals surface area contributed by atoms with E-state index in [1.165, 1.54) is 23.8 Å². The van der Waals surface area contributed by atoms with Crippen LogP contribution in [-0.2, 0) is 12.8 Å². The molecule has 0 aliphatic heterocycles. The zero-order chi connectivity index (χ0) is 17.8. The number of hydrogen-bond acceptors (Lipinski definition) is 3. The lowest BCUT2D eigenvalue weighted by atomic mass is 9.88. The normalized spacial score (nSPS) is 12.8. The molecular formula is C21H18FNO2. The Morgan fingerprint density at radius 1 is 1.24 bits per heavy atom. The summed E-state index contributed by atoms with van der Waals surface area (Å²) in [6.45, 7) is 2.12. The van der Waals surface area contributed by atoms with Crippen molar-refractivity contribution in [2.75, 3.05) is 0 Å². The molecular weight excluding hydrogens is 317 g/mol. The lowest BCUT2D eigenvalue weighted by Crippen LogP contribution is -2.15. The second-order valence-corrected chi connectivity index (χ2v) is 6.08. The van der Waals surface area contributed by atoms with E-state index < -0.39 is 11.8 Å². The molecule has 0 heterocycles. The number of halogens is 1. The van der Waals surface area contributed by atoms with Gasteiger partial charge in [0.1, 0.15) is 11.6 Å². The molecule has 2 aromatic carbocycles. The first-order valence-electron chi connectivity index (χ1n) is 8.33. The van der Waals surface area contributed by atoms with E-state index in [1.54, 1.807) is 12.1 Å². The first-order valence-corrected chi connectivity index (χ1v) is 8.33. The summed E-state index contributed by atoms with van der Waals surface area (Å²) in [5, 5.41) is 8.78. The number of allylic oxidation sites excluding steroid dienone is 2. The summed E-state index contributed by atoms with van der Waals surface area (Å²) in [4.78, 5) is 12.3. The number of hydrogen-bond donors (Lipinski definition) is 0. The molecule has 1 aliphatic carbocycles. The summed E-state index contributed by atoms with van der Waals surface area (Å²) < 4.78 is 20.0. The fourth-order valence-electron chi connectivity index (χ4n) is 3.04. The minimum Gasteiger partial charge on any atom is -0.423 e. The van der Waals surface area contributed by atoms with E-state index in [1.807, 2.05) is 12.1 Å². The van der Waals surface area contributed by atoms with Crippen LogP contribution in [0.1, 0.15) is 46.8 Å². The molecule has 2 aromatic rings. The smallest absolute Gasteiger partial charge is 0.346 e. The first-order chi connectivity index (χ1) is 12.1. The van der Waals surface area contributed by atoms with Gasteiger partial charge in [0.25, 0.3) is 0 Å². The zero-order valence-corrected chi connectivity index (χ0v) is 14.0. The summed E-state index contributed by atoms with van der Waals surface area (Å²) >= 11 is 0. The third-order valence-corrected chi connectivity index (χ3v) is 4.34. The Bertz CT molecular complexity index is 876. The Morgan fingerprint density at radius 2 is 2.00 bits per heavy atom. The first kappa shape index (κ1) is 16.9. The van der Waals surface area contributed by atoms with E-state index in [0.717, 1.165) is 24.8 Å². The maximum atomic E-state index is 14.8. The predicted octanol–water partition coefficient (Wildman–Crippen LogP) is 4.74. The molecule has 3 nitrogen and oxygen atoms in total. The second-order valence-electron chi connectivity index (χ2n) is 6.08. The number of carbonyl (C=O) groups is 1. The highest BCUT2D eigenvalue weighted by Gasteiger charge is 2.22. The van der Waals surface area contributed by atoms with Gasteiger partial charge in [-0.15, -0.1) is 0 Å². The Morgan fingerprint density at radius 3 is 2.68 bits per heavy atom. The van der Waals surface area contributed by atoms with Gasteiger partial charge < -0.3 is 4.74 Å². The molecule has 4 heteroatoms. The number of fused-ring (bicyclic) bond motifs is 1. The van der Waals surface area contributed by atoms with Crippen LogP contribution in [0.25, 0.3) is 0 Å². The van der Waals surface area contributed by atoms with Crippen molar-refractivity contribution in [3.63, 3.8) is 0 Å². The number of rotatable bonds is 4. The quantitative estimate of drug-likeness (QED) is 0.460. The van der Waals surface area contributed by atoms with Crippen LogP contribution in [0.4, 0.5) is 4.39 Å². The maximum absolute atomic E-state index is 14.8. The largest absolute Gasteiger partial charge is 0.423 e. The number of nitriles is 1. The molecule has 0 fully saturated rings. The van der Waals surface area contributed by atoms with Crippen LogP contribution in [0.2, 0.25) is 0 Å². The molecule has 0 aromatic heterocycles. The summed E-state index contributed by atoms with van der Waals surface area (Å²) in [5.41, 5.74) is 3.25. The molecule has 0 saturated carbocycles. The van der Waals surface area contributed by atoms with Crippen LogP contribution in [-0.4, -0.2) is 5.97 Å². The monoisotopic (exact) mass is 335 g/mol. The van der Waals surface area contributed by atoms with Crippen LogP contribution >= 0.6 is 0 Å². The van der Waals surface area contributed by atoms with Gasteiger partial charge in [0.2, 0.25) is 0 Å². The minimum atomic E-state index is -0.728. The van der Waals surface area contributed by atoms with Crippen molar-refractivity contribution in [3.05, 3.63) is 76.1 Å². The molecule has 1 aliphatic rings. The van der Waals surface area contributed by atoms with Crippen molar-refractivity contribution in [3.8, 4) is 11.8 Å². The topological polar surface area (TPSA) is 50.1 Å². The van der Waals surface area contributed by atoms with Crippen LogP contribution in [0, 0.1) is 17.1 Å². The molecule has 0 amide bonds. The Kier molecular flexibility index (Phi) is 4.95. The van der Waals surface area contributed by atoms with Gasteiger partial charge in [0.15, 0.2) is 0 Å². The van der Waals surface area contributed by atoms with Gasteiger partial charge in [0, 0.05) is 0 Å². The van der Waals surface area contributed by atoms with E-state index in [0.29, 0.717) is 17.5 Å². The van der Waals surface area contributed by atoms with Crippen molar-refractivity contribution in [1.82, 2.24) is 0 Å². The lowest BCUT2D eigenvalue weighted by molar-refractivity contribution is 0.0729. The lowest BCUT2D eigenvalue weighted by Gasteiger charge is -2.18. The number of ether oxygens (including phenoxy) is 1. The molecule has 25 heavy (non-hydrogen) atoms. The number of benzene rings is 2. The molecule has 0 radical (unpaired) electrons.